The van der Waals surface area contributed by atoms with Crippen molar-refractivity contribution < 1.29 is 8.42 Å². The third kappa shape index (κ3) is 3.09. The minimum Gasteiger partial charge on any atom is -0.263 e. The van der Waals surface area contributed by atoms with E-state index in [2.05, 4.69) is 9.71 Å². The highest BCUT2D eigenvalue weighted by Gasteiger charge is 2.14. The van der Waals surface area contributed by atoms with Crippen LogP contribution < -0.4 is 4.72 Å². The van der Waals surface area contributed by atoms with Crippen molar-refractivity contribution in [2.75, 3.05) is 4.72 Å². The van der Waals surface area contributed by atoms with Crippen molar-refractivity contribution in [1.82, 2.24) is 4.98 Å². The van der Waals surface area contributed by atoms with Crippen LogP contribution >= 0.6 is 0 Å². The fourth-order valence-electron chi connectivity index (χ4n) is 1.51. The van der Waals surface area contributed by atoms with Crippen molar-refractivity contribution in [3.8, 4) is 6.07 Å². The van der Waals surface area contributed by atoms with Crippen LogP contribution in [0.1, 0.15) is 11.3 Å². The highest BCUT2D eigenvalue weighted by molar-refractivity contribution is 7.92. The number of nitriles is 1. The molecule has 6 heteroatoms. The van der Waals surface area contributed by atoms with Crippen LogP contribution in [-0.4, -0.2) is 13.4 Å². The quantitative estimate of drug-likeness (QED) is 0.927. The molecule has 1 N–H and O–H groups in total. The number of rotatable bonds is 3. The van der Waals surface area contributed by atoms with Gasteiger partial charge in [0.05, 0.1) is 16.5 Å². The summed E-state index contributed by atoms with van der Waals surface area (Å²) in [6.45, 7) is 1.78. The zero-order valence-electron chi connectivity index (χ0n) is 10.2. The van der Waals surface area contributed by atoms with Crippen LogP contribution in [-0.2, 0) is 10.0 Å². The molecule has 2 aromatic rings. The van der Waals surface area contributed by atoms with E-state index in [1.165, 1.54) is 24.3 Å². The average molecular weight is 273 g/mol. The molecule has 1 aromatic carbocycles. The molecule has 1 heterocycles. The van der Waals surface area contributed by atoms with Crippen molar-refractivity contribution in [3.05, 3.63) is 53.7 Å². The maximum Gasteiger partial charge on any atom is 0.263 e. The highest BCUT2D eigenvalue weighted by atomic mass is 32.2. The topological polar surface area (TPSA) is 82.9 Å². The fraction of sp³-hybridized carbons (Fsp3) is 0.0769. The number of pyridine rings is 1. The third-order valence-electron chi connectivity index (χ3n) is 2.42. The summed E-state index contributed by atoms with van der Waals surface area (Å²) in [5.41, 5.74) is 1.13. The van der Waals surface area contributed by atoms with Gasteiger partial charge in [-0.1, -0.05) is 6.07 Å². The lowest BCUT2D eigenvalue weighted by molar-refractivity contribution is 0.601. The summed E-state index contributed by atoms with van der Waals surface area (Å²) in [6, 6.07) is 12.7. The van der Waals surface area contributed by atoms with Crippen molar-refractivity contribution >= 4 is 15.8 Å². The molecule has 0 fully saturated rings. The Morgan fingerprint density at radius 3 is 2.42 bits per heavy atom. The number of benzene rings is 1. The number of anilines is 1. The maximum absolute atomic E-state index is 12.1. The number of aryl methyl sites for hydroxylation is 1. The molecule has 0 unspecified atom stereocenters. The van der Waals surface area contributed by atoms with E-state index in [-0.39, 0.29) is 10.7 Å². The van der Waals surface area contributed by atoms with Gasteiger partial charge in [0, 0.05) is 5.69 Å². The SMILES string of the molecule is Cc1cccc(NS(=O)(=O)c2ccc(C#N)cc2)n1. The Hall–Kier alpha value is -2.39. The van der Waals surface area contributed by atoms with Crippen LogP contribution in [0.3, 0.4) is 0 Å². The molecular formula is C13H11N3O2S. The first kappa shape index (κ1) is 13.1. The average Bonchev–Trinajstić information content (AvgIpc) is 2.38. The van der Waals surface area contributed by atoms with Crippen molar-refractivity contribution in [1.29, 1.82) is 5.26 Å². The Balaban J connectivity index is 2.30. The third-order valence-corrected chi connectivity index (χ3v) is 3.79. The largest absolute Gasteiger partial charge is 0.263 e. The Morgan fingerprint density at radius 1 is 1.16 bits per heavy atom. The minimum absolute atomic E-state index is 0.0924. The zero-order valence-corrected chi connectivity index (χ0v) is 11.0. The van der Waals surface area contributed by atoms with E-state index in [9.17, 15) is 8.42 Å². The Kier molecular flexibility index (Phi) is 3.49. The van der Waals surface area contributed by atoms with E-state index in [0.717, 1.165) is 5.69 Å². The first-order chi connectivity index (χ1) is 9.01. The molecule has 0 spiro atoms. The molecule has 2 rings (SSSR count). The van der Waals surface area contributed by atoms with Crippen LogP contribution in [0, 0.1) is 18.3 Å². The molecule has 0 aliphatic rings. The fourth-order valence-corrected chi connectivity index (χ4v) is 2.51. The van der Waals surface area contributed by atoms with E-state index in [1.807, 2.05) is 6.07 Å². The van der Waals surface area contributed by atoms with Gasteiger partial charge in [0.15, 0.2) is 0 Å². The van der Waals surface area contributed by atoms with Gasteiger partial charge in [0.2, 0.25) is 0 Å². The lowest BCUT2D eigenvalue weighted by Gasteiger charge is -2.07. The van der Waals surface area contributed by atoms with Crippen molar-refractivity contribution in [2.24, 2.45) is 0 Å². The molecule has 0 saturated heterocycles. The highest BCUT2D eigenvalue weighted by Crippen LogP contribution is 2.15. The normalized spacial score (nSPS) is 10.7. The summed E-state index contributed by atoms with van der Waals surface area (Å²) < 4.78 is 26.5. The van der Waals surface area contributed by atoms with Gasteiger partial charge < -0.3 is 0 Å². The van der Waals surface area contributed by atoms with Crippen molar-refractivity contribution in [2.45, 2.75) is 11.8 Å². The molecule has 96 valence electrons. The van der Waals surface area contributed by atoms with E-state index >= 15 is 0 Å². The van der Waals surface area contributed by atoms with E-state index < -0.39 is 10.0 Å². The summed E-state index contributed by atoms with van der Waals surface area (Å²) in [5.74, 6) is 0.268. The lowest BCUT2D eigenvalue weighted by atomic mass is 10.2. The van der Waals surface area contributed by atoms with Gasteiger partial charge in [-0.3, -0.25) is 4.72 Å². The Bertz CT molecular complexity index is 731. The summed E-state index contributed by atoms with van der Waals surface area (Å²) >= 11 is 0. The monoisotopic (exact) mass is 273 g/mol. The molecule has 0 atom stereocenters. The van der Waals surface area contributed by atoms with Gasteiger partial charge in [-0.2, -0.15) is 5.26 Å². The zero-order chi connectivity index (χ0) is 13.9. The standard InChI is InChI=1S/C13H11N3O2S/c1-10-3-2-4-13(15-10)16-19(17,18)12-7-5-11(9-14)6-8-12/h2-8H,1H3,(H,15,16). The molecule has 19 heavy (non-hydrogen) atoms. The molecule has 1 aromatic heterocycles. The van der Waals surface area contributed by atoms with Gasteiger partial charge in [-0.15, -0.1) is 0 Å². The molecule has 0 amide bonds. The first-order valence-corrected chi connectivity index (χ1v) is 6.96. The van der Waals surface area contributed by atoms with Crippen LogP contribution in [0.15, 0.2) is 47.4 Å². The van der Waals surface area contributed by atoms with E-state index in [4.69, 9.17) is 5.26 Å². The Morgan fingerprint density at radius 2 is 1.84 bits per heavy atom. The van der Waals surface area contributed by atoms with Crippen LogP contribution in [0.25, 0.3) is 0 Å². The van der Waals surface area contributed by atoms with Crippen LogP contribution in [0.4, 0.5) is 5.82 Å². The molecular weight excluding hydrogens is 262 g/mol. The minimum atomic E-state index is -3.68. The predicted molar refractivity (Wildman–Crippen MR) is 70.9 cm³/mol. The van der Waals surface area contributed by atoms with Gasteiger partial charge in [-0.05, 0) is 43.3 Å². The van der Waals surface area contributed by atoms with Crippen LogP contribution in [0.2, 0.25) is 0 Å². The van der Waals surface area contributed by atoms with Gasteiger partial charge in [0.25, 0.3) is 10.0 Å². The van der Waals surface area contributed by atoms with Gasteiger partial charge >= 0.3 is 0 Å². The van der Waals surface area contributed by atoms with E-state index in [0.29, 0.717) is 5.56 Å². The van der Waals surface area contributed by atoms with E-state index in [1.54, 1.807) is 25.1 Å². The molecule has 0 aliphatic heterocycles. The number of nitrogens with zero attached hydrogens (tertiary/aromatic N) is 2. The molecule has 0 saturated carbocycles. The first-order valence-electron chi connectivity index (χ1n) is 5.48. The summed E-state index contributed by atoms with van der Waals surface area (Å²) in [5, 5.41) is 8.67. The van der Waals surface area contributed by atoms with Crippen molar-refractivity contribution in [3.63, 3.8) is 0 Å². The summed E-state index contributed by atoms with van der Waals surface area (Å²) in [4.78, 5) is 4.17. The second-order valence-corrected chi connectivity index (χ2v) is 5.59. The molecule has 0 radical (unpaired) electrons. The number of sulfonamides is 1. The second-order valence-electron chi connectivity index (χ2n) is 3.91. The Labute approximate surface area is 111 Å². The number of aromatic nitrogens is 1. The lowest BCUT2D eigenvalue weighted by Crippen LogP contribution is -2.14. The number of nitrogens with one attached hydrogen (secondary N) is 1. The van der Waals surface area contributed by atoms with Crippen LogP contribution in [0.5, 0.6) is 0 Å². The summed E-state index contributed by atoms with van der Waals surface area (Å²) in [6.07, 6.45) is 0. The number of hydrogen-bond donors (Lipinski definition) is 1. The predicted octanol–water partition coefficient (Wildman–Crippen LogP) is 2.06. The molecule has 0 aliphatic carbocycles. The second kappa shape index (κ2) is 5.08. The van der Waals surface area contributed by atoms with Gasteiger partial charge in [-0.25, -0.2) is 13.4 Å². The molecule has 5 nitrogen and oxygen atoms in total. The van der Waals surface area contributed by atoms with Gasteiger partial charge in [0.1, 0.15) is 5.82 Å². The smallest absolute Gasteiger partial charge is 0.263 e. The summed E-state index contributed by atoms with van der Waals surface area (Å²) in [7, 11) is -3.68. The maximum atomic E-state index is 12.1. The molecule has 0 bridgehead atoms. The number of hydrogen-bond acceptors (Lipinski definition) is 4.